The highest BCUT2D eigenvalue weighted by Crippen LogP contribution is 2.31. The van der Waals surface area contributed by atoms with Crippen molar-refractivity contribution >= 4 is 5.91 Å². The van der Waals surface area contributed by atoms with Crippen LogP contribution in [0.5, 0.6) is 17.2 Å². The smallest absolute Gasteiger partial charge is 0.234 e. The molecule has 1 N–H and O–H groups in total. The maximum atomic E-state index is 12.2. The Hall–Kier alpha value is -2.73. The van der Waals surface area contributed by atoms with Crippen LogP contribution in [0.15, 0.2) is 42.5 Å². The van der Waals surface area contributed by atoms with Gasteiger partial charge in [0.2, 0.25) is 5.91 Å². The minimum Gasteiger partial charge on any atom is -0.496 e. The Morgan fingerprint density at radius 3 is 2.74 bits per heavy atom. The Bertz CT molecular complexity index is 779. The Kier molecular flexibility index (Phi) is 6.54. The van der Waals surface area contributed by atoms with Crippen LogP contribution in [-0.2, 0) is 17.8 Å². The second-order valence-electron chi connectivity index (χ2n) is 6.56. The monoisotopic (exact) mass is 370 g/mol. The lowest BCUT2D eigenvalue weighted by atomic mass is 10.1. The summed E-state index contributed by atoms with van der Waals surface area (Å²) in [4.78, 5) is 14.2. The van der Waals surface area contributed by atoms with Gasteiger partial charge in [0, 0.05) is 13.1 Å². The fraction of sp³-hybridized carbons (Fsp3) is 0.381. The Morgan fingerprint density at radius 1 is 1.15 bits per heavy atom. The first kappa shape index (κ1) is 19.0. The van der Waals surface area contributed by atoms with Gasteiger partial charge in [-0.3, -0.25) is 9.69 Å². The number of hydrogen-bond donors (Lipinski definition) is 1. The molecule has 27 heavy (non-hydrogen) atoms. The van der Waals surface area contributed by atoms with Crippen LogP contribution < -0.4 is 19.5 Å². The lowest BCUT2D eigenvalue weighted by Gasteiger charge is -2.21. The highest BCUT2D eigenvalue weighted by Gasteiger charge is 2.13. The Labute approximate surface area is 160 Å². The van der Waals surface area contributed by atoms with E-state index in [1.165, 1.54) is 0 Å². The SMILES string of the molecule is COc1ccccc1CCNC(=O)CN(C)Cc1ccc2c(c1)OCCO2. The summed E-state index contributed by atoms with van der Waals surface area (Å²) in [5, 5.41) is 2.97. The number of rotatable bonds is 8. The average molecular weight is 370 g/mol. The number of likely N-dealkylation sites (N-methyl/N-ethyl adjacent to an activating group) is 1. The number of para-hydroxylation sites is 1. The minimum atomic E-state index is 0.00458. The van der Waals surface area contributed by atoms with Crippen molar-refractivity contribution in [2.45, 2.75) is 13.0 Å². The molecule has 0 aromatic heterocycles. The summed E-state index contributed by atoms with van der Waals surface area (Å²) >= 11 is 0. The maximum Gasteiger partial charge on any atom is 0.234 e. The standard InChI is InChI=1S/C21H26N2O4/c1-23(14-16-7-8-19-20(13-16)27-12-11-26-19)15-21(24)22-10-9-17-5-3-4-6-18(17)25-2/h3-8,13H,9-12,14-15H2,1-2H3,(H,22,24). The minimum absolute atomic E-state index is 0.00458. The molecule has 1 aliphatic rings. The van der Waals surface area contributed by atoms with Gasteiger partial charge in [0.25, 0.3) is 0 Å². The van der Waals surface area contributed by atoms with E-state index < -0.39 is 0 Å². The number of fused-ring (bicyclic) bond motifs is 1. The van der Waals surface area contributed by atoms with Crippen molar-refractivity contribution in [2.75, 3.05) is 40.5 Å². The van der Waals surface area contributed by atoms with E-state index >= 15 is 0 Å². The van der Waals surface area contributed by atoms with Crippen molar-refractivity contribution in [1.29, 1.82) is 0 Å². The van der Waals surface area contributed by atoms with E-state index in [-0.39, 0.29) is 5.91 Å². The predicted molar refractivity (Wildman–Crippen MR) is 103 cm³/mol. The van der Waals surface area contributed by atoms with Gasteiger partial charge >= 0.3 is 0 Å². The first-order valence-electron chi connectivity index (χ1n) is 9.11. The summed E-state index contributed by atoms with van der Waals surface area (Å²) < 4.78 is 16.5. The van der Waals surface area contributed by atoms with Gasteiger partial charge in [-0.05, 0) is 42.8 Å². The van der Waals surface area contributed by atoms with Crippen LogP contribution in [0.25, 0.3) is 0 Å². The van der Waals surface area contributed by atoms with E-state index in [0.717, 1.165) is 34.8 Å². The fourth-order valence-electron chi connectivity index (χ4n) is 3.10. The van der Waals surface area contributed by atoms with Gasteiger partial charge < -0.3 is 19.5 Å². The van der Waals surface area contributed by atoms with Gasteiger partial charge in [-0.25, -0.2) is 0 Å². The third-order valence-electron chi connectivity index (χ3n) is 4.38. The second-order valence-corrected chi connectivity index (χ2v) is 6.56. The molecule has 0 atom stereocenters. The topological polar surface area (TPSA) is 60.0 Å². The van der Waals surface area contributed by atoms with Crippen LogP contribution in [-0.4, -0.2) is 51.3 Å². The molecule has 0 spiro atoms. The number of amides is 1. The molecule has 0 fully saturated rings. The number of methoxy groups -OCH3 is 1. The maximum absolute atomic E-state index is 12.2. The molecular formula is C21H26N2O4. The zero-order valence-corrected chi connectivity index (χ0v) is 15.9. The summed E-state index contributed by atoms with van der Waals surface area (Å²) in [7, 11) is 3.58. The van der Waals surface area contributed by atoms with Gasteiger partial charge in [-0.1, -0.05) is 24.3 Å². The number of ether oxygens (including phenoxy) is 3. The van der Waals surface area contributed by atoms with E-state index in [1.807, 2.05) is 54.4 Å². The molecule has 0 radical (unpaired) electrons. The molecule has 6 nitrogen and oxygen atoms in total. The van der Waals surface area contributed by atoms with Crippen LogP contribution >= 0.6 is 0 Å². The molecule has 0 bridgehead atoms. The first-order chi connectivity index (χ1) is 13.2. The lowest BCUT2D eigenvalue weighted by molar-refractivity contribution is -0.122. The molecule has 1 aliphatic heterocycles. The zero-order valence-electron chi connectivity index (χ0n) is 15.9. The average Bonchev–Trinajstić information content (AvgIpc) is 2.68. The molecule has 1 heterocycles. The Morgan fingerprint density at radius 2 is 1.93 bits per heavy atom. The van der Waals surface area contributed by atoms with Crippen molar-refractivity contribution in [3.63, 3.8) is 0 Å². The quantitative estimate of drug-likeness (QED) is 0.772. The van der Waals surface area contributed by atoms with E-state index in [2.05, 4.69) is 5.32 Å². The van der Waals surface area contributed by atoms with Crippen LogP contribution in [0.2, 0.25) is 0 Å². The van der Waals surface area contributed by atoms with Crippen LogP contribution in [0, 0.1) is 0 Å². The van der Waals surface area contributed by atoms with Crippen molar-refractivity contribution in [3.05, 3.63) is 53.6 Å². The van der Waals surface area contributed by atoms with Gasteiger partial charge in [0.1, 0.15) is 19.0 Å². The molecule has 0 unspecified atom stereocenters. The molecule has 0 saturated heterocycles. The molecule has 3 rings (SSSR count). The molecule has 144 valence electrons. The van der Waals surface area contributed by atoms with Gasteiger partial charge in [-0.15, -0.1) is 0 Å². The van der Waals surface area contributed by atoms with E-state index in [0.29, 0.717) is 32.8 Å². The van der Waals surface area contributed by atoms with Crippen molar-refractivity contribution in [3.8, 4) is 17.2 Å². The van der Waals surface area contributed by atoms with E-state index in [4.69, 9.17) is 14.2 Å². The predicted octanol–water partition coefficient (Wildman–Crippen LogP) is 2.26. The number of carbonyl (C=O) groups is 1. The summed E-state index contributed by atoms with van der Waals surface area (Å²) in [5.41, 5.74) is 2.17. The summed E-state index contributed by atoms with van der Waals surface area (Å²) in [6.07, 6.45) is 0.738. The van der Waals surface area contributed by atoms with Crippen LogP contribution in [0.3, 0.4) is 0 Å². The van der Waals surface area contributed by atoms with Gasteiger partial charge in [-0.2, -0.15) is 0 Å². The summed E-state index contributed by atoms with van der Waals surface area (Å²) in [6.45, 7) is 2.73. The fourth-order valence-corrected chi connectivity index (χ4v) is 3.10. The van der Waals surface area contributed by atoms with Crippen LogP contribution in [0.4, 0.5) is 0 Å². The molecule has 0 saturated carbocycles. The Balaban J connectivity index is 1.44. The number of hydrogen-bond acceptors (Lipinski definition) is 5. The summed E-state index contributed by atoms with van der Waals surface area (Å²) in [6, 6.07) is 13.8. The highest BCUT2D eigenvalue weighted by molar-refractivity contribution is 5.78. The highest BCUT2D eigenvalue weighted by atomic mass is 16.6. The van der Waals surface area contributed by atoms with Crippen molar-refractivity contribution < 1.29 is 19.0 Å². The molecule has 6 heteroatoms. The molecule has 2 aromatic rings. The number of nitrogens with zero attached hydrogens (tertiary/aromatic N) is 1. The van der Waals surface area contributed by atoms with Crippen molar-refractivity contribution in [1.82, 2.24) is 10.2 Å². The molecule has 1 amide bonds. The van der Waals surface area contributed by atoms with Crippen molar-refractivity contribution in [2.24, 2.45) is 0 Å². The molecule has 2 aromatic carbocycles. The molecular weight excluding hydrogens is 344 g/mol. The second kappa shape index (κ2) is 9.28. The van der Waals surface area contributed by atoms with Gasteiger partial charge in [0.05, 0.1) is 13.7 Å². The largest absolute Gasteiger partial charge is 0.496 e. The zero-order chi connectivity index (χ0) is 19.1. The van der Waals surface area contributed by atoms with E-state index in [9.17, 15) is 4.79 Å². The molecule has 0 aliphatic carbocycles. The third-order valence-corrected chi connectivity index (χ3v) is 4.38. The number of nitrogens with one attached hydrogen (secondary N) is 1. The number of benzene rings is 2. The first-order valence-corrected chi connectivity index (χ1v) is 9.11. The normalized spacial score (nSPS) is 12.7. The lowest BCUT2D eigenvalue weighted by Crippen LogP contribution is -2.35. The summed E-state index contributed by atoms with van der Waals surface area (Å²) in [5.74, 6) is 2.41. The van der Waals surface area contributed by atoms with E-state index in [1.54, 1.807) is 7.11 Å². The third kappa shape index (κ3) is 5.37. The van der Waals surface area contributed by atoms with Crippen LogP contribution in [0.1, 0.15) is 11.1 Å². The van der Waals surface area contributed by atoms with Gasteiger partial charge in [0.15, 0.2) is 11.5 Å². The number of carbonyl (C=O) groups excluding carboxylic acids is 1.